The van der Waals surface area contributed by atoms with Crippen LogP contribution in [0.5, 0.6) is 0 Å². The summed E-state index contributed by atoms with van der Waals surface area (Å²) < 4.78 is 11.6. The maximum absolute atomic E-state index is 13.3. The number of amides is 1. The van der Waals surface area contributed by atoms with E-state index in [1.165, 1.54) is 5.56 Å². The Morgan fingerprint density at radius 2 is 1.51 bits per heavy atom. The molecule has 1 aliphatic rings. The Morgan fingerprint density at radius 1 is 0.914 bits per heavy atom. The molecule has 6 heteroatoms. The monoisotopic (exact) mass is 473 g/mol. The zero-order valence-corrected chi connectivity index (χ0v) is 19.6. The zero-order valence-electron chi connectivity index (χ0n) is 19.6. The number of hydrogen-bond acceptors (Lipinski definition) is 5. The number of rotatable bonds is 12. The van der Waals surface area contributed by atoms with Gasteiger partial charge < -0.3 is 24.7 Å². The summed E-state index contributed by atoms with van der Waals surface area (Å²) in [6, 6.07) is 26.9. The quantitative estimate of drug-likeness (QED) is 0.390. The standard InChI is InChI=1S/C29H31NO5/c31-18-24(34-19-21-9-3-1-4-10-21)17-27(32)28(35-20-22-11-5-2-6-12-22)29(33)30-26-16-15-23-13-7-8-14-25(23)26/h1-14,18,24,26-28,32H,15-17,19-20H2,(H,30,33)/t24?,26-,27-,28?/m1/s1. The summed E-state index contributed by atoms with van der Waals surface area (Å²) in [5.74, 6) is -0.400. The topological polar surface area (TPSA) is 84.9 Å². The molecule has 0 spiro atoms. The molecule has 0 aromatic heterocycles. The third kappa shape index (κ3) is 6.85. The minimum Gasteiger partial charge on any atom is -0.390 e. The van der Waals surface area contributed by atoms with Gasteiger partial charge in [-0.2, -0.15) is 0 Å². The second-order valence-corrected chi connectivity index (χ2v) is 8.79. The zero-order chi connectivity index (χ0) is 24.5. The minimum absolute atomic E-state index is 0.0511. The number of hydrogen-bond donors (Lipinski definition) is 2. The first-order valence-corrected chi connectivity index (χ1v) is 12.0. The van der Waals surface area contributed by atoms with Crippen LogP contribution < -0.4 is 5.32 Å². The van der Waals surface area contributed by atoms with Crippen LogP contribution in [-0.4, -0.2) is 35.6 Å². The number of carbonyl (C=O) groups excluding carboxylic acids is 2. The normalized spacial score (nSPS) is 17.2. The van der Waals surface area contributed by atoms with E-state index in [-0.39, 0.29) is 25.7 Å². The summed E-state index contributed by atoms with van der Waals surface area (Å²) in [6.07, 6.45) is -0.945. The van der Waals surface area contributed by atoms with Crippen LogP contribution in [0.15, 0.2) is 84.9 Å². The third-order valence-corrected chi connectivity index (χ3v) is 6.26. The van der Waals surface area contributed by atoms with Gasteiger partial charge in [-0.3, -0.25) is 4.79 Å². The molecule has 0 fully saturated rings. The van der Waals surface area contributed by atoms with Crippen LogP contribution in [0.4, 0.5) is 0 Å². The SMILES string of the molecule is O=CC(C[C@@H](O)C(OCc1ccccc1)C(=O)N[C@@H]1CCc2ccccc21)OCc1ccccc1. The molecule has 1 amide bonds. The van der Waals surface area contributed by atoms with Crippen LogP contribution in [0.1, 0.15) is 41.1 Å². The Hall–Kier alpha value is -3.32. The molecule has 0 saturated carbocycles. The Bertz CT molecular complexity index is 1090. The smallest absolute Gasteiger partial charge is 0.252 e. The highest BCUT2D eigenvalue weighted by Gasteiger charge is 2.33. The van der Waals surface area contributed by atoms with Gasteiger partial charge in [0.15, 0.2) is 6.10 Å². The molecule has 182 valence electrons. The van der Waals surface area contributed by atoms with Crippen LogP contribution in [0.2, 0.25) is 0 Å². The maximum Gasteiger partial charge on any atom is 0.252 e. The molecule has 0 radical (unpaired) electrons. The van der Waals surface area contributed by atoms with Crippen molar-refractivity contribution in [1.82, 2.24) is 5.32 Å². The molecular formula is C29H31NO5. The number of aliphatic hydroxyl groups is 1. The lowest BCUT2D eigenvalue weighted by Crippen LogP contribution is -2.46. The molecule has 1 aliphatic carbocycles. The largest absolute Gasteiger partial charge is 0.390 e. The van der Waals surface area contributed by atoms with Crippen molar-refractivity contribution < 1.29 is 24.2 Å². The number of aldehydes is 1. The molecule has 2 unspecified atom stereocenters. The molecular weight excluding hydrogens is 442 g/mol. The lowest BCUT2D eigenvalue weighted by molar-refractivity contribution is -0.146. The van der Waals surface area contributed by atoms with Crippen molar-refractivity contribution in [3.05, 3.63) is 107 Å². The average molecular weight is 474 g/mol. The van der Waals surface area contributed by atoms with E-state index in [2.05, 4.69) is 11.4 Å². The van der Waals surface area contributed by atoms with Gasteiger partial charge >= 0.3 is 0 Å². The highest BCUT2D eigenvalue weighted by Crippen LogP contribution is 2.31. The summed E-state index contributed by atoms with van der Waals surface area (Å²) >= 11 is 0. The number of aliphatic hydroxyl groups excluding tert-OH is 1. The van der Waals surface area contributed by atoms with E-state index in [0.717, 1.165) is 29.5 Å². The van der Waals surface area contributed by atoms with Crippen molar-refractivity contribution in [2.24, 2.45) is 0 Å². The van der Waals surface area contributed by atoms with E-state index in [0.29, 0.717) is 6.29 Å². The first kappa shape index (κ1) is 24.8. The molecule has 35 heavy (non-hydrogen) atoms. The van der Waals surface area contributed by atoms with Gasteiger partial charge in [0.05, 0.1) is 25.4 Å². The molecule has 4 atom stereocenters. The number of aryl methyl sites for hydroxylation is 1. The molecule has 4 rings (SSSR count). The fraction of sp³-hybridized carbons (Fsp3) is 0.310. The van der Waals surface area contributed by atoms with Crippen LogP contribution >= 0.6 is 0 Å². The van der Waals surface area contributed by atoms with Gasteiger partial charge in [0.1, 0.15) is 12.4 Å². The lowest BCUT2D eigenvalue weighted by Gasteiger charge is -2.26. The van der Waals surface area contributed by atoms with Gasteiger partial charge in [-0.25, -0.2) is 0 Å². The van der Waals surface area contributed by atoms with Crippen molar-refractivity contribution in [2.75, 3.05) is 0 Å². The Morgan fingerprint density at radius 3 is 2.17 bits per heavy atom. The molecule has 0 bridgehead atoms. The van der Waals surface area contributed by atoms with E-state index in [9.17, 15) is 14.7 Å². The Balaban J connectivity index is 1.42. The van der Waals surface area contributed by atoms with Gasteiger partial charge in [-0.15, -0.1) is 0 Å². The predicted octanol–water partition coefficient (Wildman–Crippen LogP) is 3.91. The van der Waals surface area contributed by atoms with E-state index < -0.39 is 24.2 Å². The number of fused-ring (bicyclic) bond motifs is 1. The second kappa shape index (κ2) is 12.4. The Labute approximate surface area is 205 Å². The van der Waals surface area contributed by atoms with Gasteiger partial charge in [0.25, 0.3) is 5.91 Å². The van der Waals surface area contributed by atoms with Gasteiger partial charge in [-0.05, 0) is 35.1 Å². The van der Waals surface area contributed by atoms with Gasteiger partial charge in [0, 0.05) is 6.42 Å². The van der Waals surface area contributed by atoms with Crippen LogP contribution in [0, 0.1) is 0 Å². The molecule has 2 N–H and O–H groups in total. The van der Waals surface area contributed by atoms with E-state index in [4.69, 9.17) is 9.47 Å². The van der Waals surface area contributed by atoms with Gasteiger partial charge in [0.2, 0.25) is 0 Å². The van der Waals surface area contributed by atoms with Crippen molar-refractivity contribution in [2.45, 2.75) is 56.8 Å². The van der Waals surface area contributed by atoms with Crippen LogP contribution in [0.25, 0.3) is 0 Å². The first-order chi connectivity index (χ1) is 17.1. The van der Waals surface area contributed by atoms with Crippen molar-refractivity contribution in [3.63, 3.8) is 0 Å². The van der Waals surface area contributed by atoms with Crippen molar-refractivity contribution >= 4 is 12.2 Å². The first-order valence-electron chi connectivity index (χ1n) is 12.0. The predicted molar refractivity (Wildman–Crippen MR) is 132 cm³/mol. The van der Waals surface area contributed by atoms with E-state index in [1.807, 2.05) is 78.9 Å². The molecule has 3 aromatic rings. The highest BCUT2D eigenvalue weighted by atomic mass is 16.5. The van der Waals surface area contributed by atoms with Crippen LogP contribution in [0.3, 0.4) is 0 Å². The number of nitrogens with one attached hydrogen (secondary N) is 1. The molecule has 0 aliphatic heterocycles. The molecule has 0 heterocycles. The second-order valence-electron chi connectivity index (χ2n) is 8.79. The average Bonchev–Trinajstić information content (AvgIpc) is 3.30. The fourth-order valence-electron chi connectivity index (χ4n) is 4.38. The minimum atomic E-state index is -1.22. The summed E-state index contributed by atoms with van der Waals surface area (Å²) in [4.78, 5) is 25.0. The third-order valence-electron chi connectivity index (χ3n) is 6.26. The number of ether oxygens (including phenoxy) is 2. The van der Waals surface area contributed by atoms with E-state index in [1.54, 1.807) is 0 Å². The van der Waals surface area contributed by atoms with E-state index >= 15 is 0 Å². The summed E-state index contributed by atoms with van der Waals surface area (Å²) in [5, 5.41) is 14.0. The maximum atomic E-state index is 13.3. The number of benzene rings is 3. The summed E-state index contributed by atoms with van der Waals surface area (Å²) in [6.45, 7) is 0.394. The van der Waals surface area contributed by atoms with Crippen molar-refractivity contribution in [1.29, 1.82) is 0 Å². The number of carbonyl (C=O) groups is 2. The lowest BCUT2D eigenvalue weighted by atomic mass is 10.0. The highest BCUT2D eigenvalue weighted by molar-refractivity contribution is 5.82. The molecule has 3 aromatic carbocycles. The van der Waals surface area contributed by atoms with Crippen molar-refractivity contribution in [3.8, 4) is 0 Å². The van der Waals surface area contributed by atoms with Crippen LogP contribution in [-0.2, 0) is 38.7 Å². The molecule has 0 saturated heterocycles. The fourth-order valence-corrected chi connectivity index (χ4v) is 4.38. The summed E-state index contributed by atoms with van der Waals surface area (Å²) in [5.41, 5.74) is 4.11. The molecule has 6 nitrogen and oxygen atoms in total. The summed E-state index contributed by atoms with van der Waals surface area (Å²) in [7, 11) is 0. The van der Waals surface area contributed by atoms with Gasteiger partial charge in [-0.1, -0.05) is 84.9 Å². The Kier molecular flexibility index (Phi) is 8.79.